The van der Waals surface area contributed by atoms with E-state index in [0.717, 1.165) is 0 Å². The number of fused-ring (bicyclic) bond motifs is 2. The third kappa shape index (κ3) is 2.24. The van der Waals surface area contributed by atoms with Crippen LogP contribution in [0.4, 0.5) is 0 Å². The molecular formula is C16H22S3Si4. The largest absolute Gasteiger partial charge is 0.192 e. The molecule has 2 aromatic carbocycles. The van der Waals surface area contributed by atoms with Crippen LogP contribution in [-0.2, 0) is 0 Å². The predicted molar refractivity (Wildman–Crippen MR) is 121 cm³/mol. The lowest BCUT2D eigenvalue weighted by Gasteiger charge is -2.45. The highest BCUT2D eigenvalue weighted by atomic mass is 32.9. The fourth-order valence-corrected chi connectivity index (χ4v) is 201. The maximum Gasteiger partial charge on any atom is 0.168 e. The van der Waals surface area contributed by atoms with Gasteiger partial charge >= 0.3 is 0 Å². The van der Waals surface area contributed by atoms with E-state index in [2.05, 4.69) is 119 Å². The Morgan fingerprint density at radius 1 is 0.522 bits per heavy atom. The van der Waals surface area contributed by atoms with Crippen LogP contribution in [0.25, 0.3) is 0 Å². The third-order valence-corrected chi connectivity index (χ3v) is 109. The van der Waals surface area contributed by atoms with Crippen LogP contribution in [0.1, 0.15) is 0 Å². The van der Waals surface area contributed by atoms with Crippen LogP contribution in [0.2, 0.25) is 26.2 Å². The molecule has 0 N–H and O–H groups in total. The maximum absolute atomic E-state index is 2.72. The lowest BCUT2D eigenvalue weighted by molar-refractivity contribution is 1.75. The molecule has 0 radical (unpaired) electrons. The van der Waals surface area contributed by atoms with Crippen molar-refractivity contribution in [2.24, 2.45) is 0 Å². The topological polar surface area (TPSA) is 0 Å². The first-order chi connectivity index (χ1) is 10.8. The number of hydrogen-bond donors (Lipinski definition) is 0. The number of hydrogen-bond acceptors (Lipinski definition) is 3. The molecule has 7 heteroatoms. The fourth-order valence-electron chi connectivity index (χ4n) is 3.92. The van der Waals surface area contributed by atoms with Gasteiger partial charge in [-0.05, 0) is 10.4 Å². The lowest BCUT2D eigenvalue weighted by atomic mass is 10.4. The van der Waals surface area contributed by atoms with Crippen LogP contribution in [0, 0.1) is 0 Å². The smallest absolute Gasteiger partial charge is 0.168 e. The second-order valence-corrected chi connectivity index (χ2v) is 58.8. The molecule has 4 atom stereocenters. The molecule has 2 aliphatic rings. The second-order valence-electron chi connectivity index (χ2n) is 7.00. The molecule has 4 rings (SSSR count). The van der Waals surface area contributed by atoms with Crippen molar-refractivity contribution in [3.63, 3.8) is 0 Å². The molecular weight excluding hydrogens is 401 g/mol. The third-order valence-electron chi connectivity index (χ3n) is 5.57. The van der Waals surface area contributed by atoms with Gasteiger partial charge in [-0.2, -0.15) is 32.0 Å². The average molecular weight is 423 g/mol. The van der Waals surface area contributed by atoms with Gasteiger partial charge in [-0.3, -0.25) is 0 Å². The van der Waals surface area contributed by atoms with Gasteiger partial charge in [0.25, 0.3) is 0 Å². The number of rotatable bonds is 2. The molecule has 0 saturated carbocycles. The Kier molecular flexibility index (Phi) is 3.96. The van der Waals surface area contributed by atoms with Crippen molar-refractivity contribution in [1.29, 1.82) is 0 Å². The van der Waals surface area contributed by atoms with Gasteiger partial charge in [0, 0.05) is 0 Å². The first-order valence-electron chi connectivity index (χ1n) is 8.05. The maximum atomic E-state index is 2.72. The monoisotopic (exact) mass is 422 g/mol. The standard InChI is InChI=1S/C16H22S3Si4/c1-20(15-11-7-5-8-12-15)17-23(4)19-22(20,3)18-21(23,2)16-13-9-6-10-14-16/h5-14H,1-4H3/t20-,21-,22+,23+/m1/s1. The molecule has 2 bridgehead atoms. The summed E-state index contributed by atoms with van der Waals surface area (Å²) < 4.78 is 0. The van der Waals surface area contributed by atoms with E-state index in [1.165, 1.54) is 0 Å². The van der Waals surface area contributed by atoms with E-state index in [0.29, 0.717) is 0 Å². The SMILES string of the molecule is C[Si@]12S[Si@](C)(S[Si@@]1(C)c1ccccc1)[Si@](C)(c1ccccc1)S2. The minimum Gasteiger partial charge on any atom is -0.192 e. The highest BCUT2D eigenvalue weighted by Crippen LogP contribution is 2.71. The Morgan fingerprint density at radius 3 is 1.17 bits per heavy atom. The first-order valence-corrected chi connectivity index (χ1v) is 26.8. The summed E-state index contributed by atoms with van der Waals surface area (Å²) in [6, 6.07) is 23.1. The summed E-state index contributed by atoms with van der Waals surface area (Å²) in [4.78, 5) is 0. The summed E-state index contributed by atoms with van der Waals surface area (Å²) in [5.74, 6) is -2.63. The van der Waals surface area contributed by atoms with Crippen molar-refractivity contribution in [2.75, 3.05) is 0 Å². The molecule has 2 saturated heterocycles. The Bertz CT molecular complexity index is 682. The van der Waals surface area contributed by atoms with Crippen molar-refractivity contribution >= 4 is 67.6 Å². The van der Waals surface area contributed by atoms with Crippen molar-refractivity contribution in [3.05, 3.63) is 60.7 Å². The Labute approximate surface area is 153 Å². The Balaban J connectivity index is 1.81. The van der Waals surface area contributed by atoms with E-state index in [-0.39, 0.29) is 0 Å². The zero-order valence-corrected chi connectivity index (χ0v) is 20.4. The zero-order valence-electron chi connectivity index (χ0n) is 14.0. The van der Waals surface area contributed by atoms with Crippen molar-refractivity contribution < 1.29 is 0 Å². The lowest BCUT2D eigenvalue weighted by Crippen LogP contribution is -2.67. The molecule has 120 valence electrons. The van der Waals surface area contributed by atoms with Gasteiger partial charge in [-0.15, -0.1) is 0 Å². The Hall–Kier alpha value is 0.358. The van der Waals surface area contributed by atoms with Crippen LogP contribution in [-0.4, -0.2) is 25.3 Å². The highest BCUT2D eigenvalue weighted by molar-refractivity contribution is 9.10. The van der Waals surface area contributed by atoms with E-state index in [4.69, 9.17) is 0 Å². The molecule has 2 heterocycles. The van der Waals surface area contributed by atoms with Gasteiger partial charge < -0.3 is 0 Å². The minimum atomic E-state index is -1.38. The summed E-state index contributed by atoms with van der Waals surface area (Å²) in [5, 5.41) is 3.42. The summed E-state index contributed by atoms with van der Waals surface area (Å²) >= 11 is 0. The minimum absolute atomic E-state index is 1.31. The molecule has 23 heavy (non-hydrogen) atoms. The van der Waals surface area contributed by atoms with E-state index >= 15 is 0 Å². The van der Waals surface area contributed by atoms with Crippen LogP contribution in [0.5, 0.6) is 0 Å². The van der Waals surface area contributed by atoms with Gasteiger partial charge in [0.1, 0.15) is 0 Å². The summed E-state index contributed by atoms with van der Waals surface area (Å²) in [6.45, 7) is 8.05. The van der Waals surface area contributed by atoms with E-state index in [9.17, 15) is 0 Å². The number of benzene rings is 2. The fraction of sp³-hybridized carbons (Fsp3) is 0.250. The van der Waals surface area contributed by atoms with Crippen molar-refractivity contribution in [3.8, 4) is 0 Å². The van der Waals surface area contributed by atoms with Crippen molar-refractivity contribution in [1.82, 2.24) is 0 Å². The van der Waals surface area contributed by atoms with Crippen LogP contribution in [0.3, 0.4) is 0 Å². The second kappa shape index (κ2) is 5.42. The van der Waals surface area contributed by atoms with Gasteiger partial charge in [-0.25, -0.2) is 0 Å². The first kappa shape index (κ1) is 16.8. The average Bonchev–Trinajstić information content (AvgIpc) is 2.89. The van der Waals surface area contributed by atoms with Gasteiger partial charge in [0.2, 0.25) is 0 Å². The molecule has 0 aliphatic carbocycles. The molecule has 0 spiro atoms. The normalized spacial score (nSPS) is 42.1. The predicted octanol–water partition coefficient (Wildman–Crippen LogP) is 4.48. The van der Waals surface area contributed by atoms with E-state index in [1.807, 2.05) is 0 Å². The van der Waals surface area contributed by atoms with Gasteiger partial charge in [0.15, 0.2) is 25.3 Å². The highest BCUT2D eigenvalue weighted by Gasteiger charge is 2.77. The molecule has 2 fully saturated rings. The van der Waals surface area contributed by atoms with Gasteiger partial charge in [-0.1, -0.05) is 86.9 Å². The summed E-state index contributed by atoms with van der Waals surface area (Å²) in [6.07, 6.45) is 0. The van der Waals surface area contributed by atoms with Crippen LogP contribution in [0.15, 0.2) is 60.7 Å². The molecule has 2 aliphatic heterocycles. The van der Waals surface area contributed by atoms with Crippen molar-refractivity contribution in [2.45, 2.75) is 26.2 Å². The van der Waals surface area contributed by atoms with E-state index in [1.54, 1.807) is 10.4 Å². The van der Waals surface area contributed by atoms with Gasteiger partial charge in [0.05, 0.1) is 0 Å². The molecule has 0 nitrogen and oxygen atoms in total. The Morgan fingerprint density at radius 2 is 0.870 bits per heavy atom. The van der Waals surface area contributed by atoms with E-state index < -0.39 is 25.3 Å². The van der Waals surface area contributed by atoms with Crippen LogP contribution < -0.4 is 10.4 Å². The molecule has 0 aromatic heterocycles. The quantitative estimate of drug-likeness (QED) is 0.655. The summed E-state index contributed by atoms with van der Waals surface area (Å²) in [5.41, 5.74) is 0. The molecule has 0 unspecified atom stereocenters. The molecule has 0 amide bonds. The summed E-state index contributed by atoms with van der Waals surface area (Å²) in [7, 11) is 7.69. The molecule has 2 aromatic rings. The zero-order chi connectivity index (χ0) is 16.3. The van der Waals surface area contributed by atoms with Crippen LogP contribution >= 0.6 is 32.0 Å².